The SMILES string of the molecule is Cc1cc(C)c(S(=O)(=O)N(CCc2ccccc2)CC(=O)N[C@@H](C)c2ccc(Cl)cc2)c(C)c1. The molecule has 180 valence electrons. The Kier molecular flexibility index (Phi) is 8.52. The number of rotatable bonds is 9. The molecule has 3 rings (SSSR count). The van der Waals surface area contributed by atoms with Crippen molar-refractivity contribution < 1.29 is 13.2 Å². The molecule has 0 fully saturated rings. The lowest BCUT2D eigenvalue weighted by molar-refractivity contribution is -0.121. The van der Waals surface area contributed by atoms with Gasteiger partial charge in [-0.3, -0.25) is 4.79 Å². The van der Waals surface area contributed by atoms with E-state index in [0.717, 1.165) is 16.7 Å². The van der Waals surface area contributed by atoms with Gasteiger partial charge in [-0.05, 0) is 68.5 Å². The number of hydrogen-bond donors (Lipinski definition) is 1. The summed E-state index contributed by atoms with van der Waals surface area (Å²) in [6.45, 7) is 7.32. The minimum Gasteiger partial charge on any atom is -0.348 e. The van der Waals surface area contributed by atoms with E-state index >= 15 is 0 Å². The second kappa shape index (κ2) is 11.2. The topological polar surface area (TPSA) is 66.5 Å². The van der Waals surface area contributed by atoms with E-state index in [-0.39, 0.29) is 29.9 Å². The maximum atomic E-state index is 13.8. The van der Waals surface area contributed by atoms with Gasteiger partial charge in [0.05, 0.1) is 17.5 Å². The molecular weight excluding hydrogens is 468 g/mol. The summed E-state index contributed by atoms with van der Waals surface area (Å²) >= 11 is 5.96. The van der Waals surface area contributed by atoms with E-state index in [1.807, 2.05) is 68.4 Å². The Hall–Kier alpha value is -2.67. The number of carbonyl (C=O) groups excluding carboxylic acids is 1. The number of sulfonamides is 1. The Balaban J connectivity index is 1.85. The van der Waals surface area contributed by atoms with Crippen LogP contribution in [0.25, 0.3) is 0 Å². The van der Waals surface area contributed by atoms with Crippen LogP contribution in [0.4, 0.5) is 0 Å². The number of amides is 1. The van der Waals surface area contributed by atoms with E-state index in [1.54, 1.807) is 26.0 Å². The van der Waals surface area contributed by atoms with Crippen molar-refractivity contribution >= 4 is 27.5 Å². The highest BCUT2D eigenvalue weighted by Gasteiger charge is 2.30. The van der Waals surface area contributed by atoms with Crippen LogP contribution in [0.1, 0.15) is 40.8 Å². The molecule has 0 aliphatic heterocycles. The quantitative estimate of drug-likeness (QED) is 0.431. The molecule has 34 heavy (non-hydrogen) atoms. The predicted molar refractivity (Wildman–Crippen MR) is 138 cm³/mol. The minimum atomic E-state index is -3.90. The van der Waals surface area contributed by atoms with Crippen LogP contribution < -0.4 is 5.32 Å². The first kappa shape index (κ1) is 25.9. The standard InChI is InChI=1S/C27H31ClN2O3S/c1-19-16-20(2)27(21(3)17-19)34(32,33)30(15-14-23-8-6-5-7-9-23)18-26(31)29-22(4)24-10-12-25(28)13-11-24/h5-13,16-17,22H,14-15,18H2,1-4H3,(H,29,31)/t22-/m0/s1. The largest absolute Gasteiger partial charge is 0.348 e. The molecule has 7 heteroatoms. The molecular formula is C27H31ClN2O3S. The molecule has 0 radical (unpaired) electrons. The first-order chi connectivity index (χ1) is 16.1. The molecule has 1 amide bonds. The van der Waals surface area contributed by atoms with Gasteiger partial charge in [-0.25, -0.2) is 8.42 Å². The Morgan fingerprint density at radius 2 is 1.56 bits per heavy atom. The van der Waals surface area contributed by atoms with Crippen molar-refractivity contribution in [2.45, 2.75) is 45.1 Å². The Morgan fingerprint density at radius 1 is 0.971 bits per heavy atom. The highest BCUT2D eigenvalue weighted by atomic mass is 35.5. The number of nitrogens with zero attached hydrogens (tertiary/aromatic N) is 1. The zero-order valence-electron chi connectivity index (χ0n) is 20.0. The molecule has 0 aliphatic carbocycles. The molecule has 0 heterocycles. The monoisotopic (exact) mass is 498 g/mol. The van der Waals surface area contributed by atoms with Crippen molar-refractivity contribution in [3.8, 4) is 0 Å². The van der Waals surface area contributed by atoms with E-state index in [0.29, 0.717) is 22.6 Å². The van der Waals surface area contributed by atoms with Crippen LogP contribution in [-0.2, 0) is 21.2 Å². The maximum absolute atomic E-state index is 13.8. The van der Waals surface area contributed by atoms with Crippen LogP contribution in [0.5, 0.6) is 0 Å². The van der Waals surface area contributed by atoms with Gasteiger partial charge in [0.1, 0.15) is 0 Å². The molecule has 0 saturated carbocycles. The lowest BCUT2D eigenvalue weighted by Gasteiger charge is -2.25. The normalized spacial score (nSPS) is 12.5. The van der Waals surface area contributed by atoms with Crippen molar-refractivity contribution in [3.05, 3.63) is 99.6 Å². The number of halogens is 1. The van der Waals surface area contributed by atoms with Gasteiger partial charge in [0.2, 0.25) is 15.9 Å². The molecule has 0 bridgehead atoms. The summed E-state index contributed by atoms with van der Waals surface area (Å²) in [6, 6.07) is 20.3. The summed E-state index contributed by atoms with van der Waals surface area (Å²) in [4.78, 5) is 13.2. The van der Waals surface area contributed by atoms with Crippen molar-refractivity contribution in [1.29, 1.82) is 0 Å². The Labute approximate surface area is 207 Å². The van der Waals surface area contributed by atoms with E-state index in [1.165, 1.54) is 4.31 Å². The fraction of sp³-hybridized carbons (Fsp3) is 0.296. The number of carbonyl (C=O) groups is 1. The molecule has 0 aliphatic rings. The van der Waals surface area contributed by atoms with Crippen molar-refractivity contribution in [3.63, 3.8) is 0 Å². The number of aryl methyl sites for hydroxylation is 3. The van der Waals surface area contributed by atoms with Gasteiger partial charge in [-0.2, -0.15) is 4.31 Å². The van der Waals surface area contributed by atoms with Crippen molar-refractivity contribution in [1.82, 2.24) is 9.62 Å². The average molecular weight is 499 g/mol. The van der Waals surface area contributed by atoms with Crippen molar-refractivity contribution in [2.24, 2.45) is 0 Å². The average Bonchev–Trinajstić information content (AvgIpc) is 2.76. The lowest BCUT2D eigenvalue weighted by Crippen LogP contribution is -2.42. The van der Waals surface area contributed by atoms with Gasteiger partial charge in [0.25, 0.3) is 0 Å². The van der Waals surface area contributed by atoms with Gasteiger partial charge in [-0.1, -0.05) is 71.8 Å². The second-order valence-corrected chi connectivity index (χ2v) is 11.0. The van der Waals surface area contributed by atoms with Crippen LogP contribution in [0.15, 0.2) is 71.6 Å². The first-order valence-electron chi connectivity index (χ1n) is 11.2. The number of hydrogen-bond acceptors (Lipinski definition) is 3. The molecule has 0 saturated heterocycles. The summed E-state index contributed by atoms with van der Waals surface area (Å²) in [5.41, 5.74) is 4.25. The highest BCUT2D eigenvalue weighted by molar-refractivity contribution is 7.89. The predicted octanol–water partition coefficient (Wildman–Crippen LogP) is 5.38. The smallest absolute Gasteiger partial charge is 0.244 e. The molecule has 0 spiro atoms. The molecule has 0 unspecified atom stereocenters. The molecule has 5 nitrogen and oxygen atoms in total. The van der Waals surface area contributed by atoms with Gasteiger partial charge >= 0.3 is 0 Å². The van der Waals surface area contributed by atoms with Gasteiger partial charge in [0.15, 0.2) is 0 Å². The zero-order valence-corrected chi connectivity index (χ0v) is 21.6. The van der Waals surface area contributed by atoms with Crippen LogP contribution in [0.3, 0.4) is 0 Å². The summed E-state index contributed by atoms with van der Waals surface area (Å²) in [5.74, 6) is -0.360. The fourth-order valence-corrected chi connectivity index (χ4v) is 6.10. The molecule has 0 aromatic heterocycles. The van der Waals surface area contributed by atoms with Gasteiger partial charge < -0.3 is 5.32 Å². The van der Waals surface area contributed by atoms with Crippen LogP contribution in [0, 0.1) is 20.8 Å². The zero-order chi connectivity index (χ0) is 24.9. The van der Waals surface area contributed by atoms with Gasteiger partial charge in [0, 0.05) is 11.6 Å². The van der Waals surface area contributed by atoms with E-state index in [2.05, 4.69) is 5.32 Å². The minimum absolute atomic E-state index is 0.196. The fourth-order valence-electron chi connectivity index (χ4n) is 4.17. The van der Waals surface area contributed by atoms with Crippen LogP contribution in [-0.4, -0.2) is 31.7 Å². The van der Waals surface area contributed by atoms with Gasteiger partial charge in [-0.15, -0.1) is 0 Å². The summed E-state index contributed by atoms with van der Waals surface area (Å²) in [6.07, 6.45) is 0.504. The summed E-state index contributed by atoms with van der Waals surface area (Å²) in [5, 5.41) is 3.53. The molecule has 3 aromatic carbocycles. The number of benzene rings is 3. The highest BCUT2D eigenvalue weighted by Crippen LogP contribution is 2.26. The summed E-state index contributed by atoms with van der Waals surface area (Å²) in [7, 11) is -3.90. The van der Waals surface area contributed by atoms with Crippen LogP contribution >= 0.6 is 11.6 Å². The Morgan fingerprint density at radius 3 is 2.15 bits per heavy atom. The third-order valence-electron chi connectivity index (χ3n) is 5.76. The van der Waals surface area contributed by atoms with Crippen molar-refractivity contribution in [2.75, 3.05) is 13.1 Å². The third kappa shape index (κ3) is 6.47. The molecule has 1 atom stereocenters. The number of nitrogens with one attached hydrogen (secondary N) is 1. The summed E-state index contributed by atoms with van der Waals surface area (Å²) < 4.78 is 28.8. The van der Waals surface area contributed by atoms with Crippen LogP contribution in [0.2, 0.25) is 5.02 Å². The second-order valence-electron chi connectivity index (χ2n) is 8.64. The maximum Gasteiger partial charge on any atom is 0.244 e. The molecule has 3 aromatic rings. The van der Waals surface area contributed by atoms with E-state index in [9.17, 15) is 13.2 Å². The first-order valence-corrected chi connectivity index (χ1v) is 13.1. The lowest BCUT2D eigenvalue weighted by atomic mass is 10.1. The van der Waals surface area contributed by atoms with E-state index in [4.69, 9.17) is 11.6 Å². The van der Waals surface area contributed by atoms with E-state index < -0.39 is 10.0 Å². The Bertz CT molecular complexity index is 1220. The molecule has 1 N–H and O–H groups in total. The third-order valence-corrected chi connectivity index (χ3v) is 8.17.